The molecule has 0 saturated heterocycles. The Kier molecular flexibility index (Phi) is 6.08. The number of hydrogen-bond donors (Lipinski definition) is 0. The van der Waals surface area contributed by atoms with Gasteiger partial charge in [0.15, 0.2) is 0 Å². The first kappa shape index (κ1) is 17.9. The minimum atomic E-state index is 0.731. The molecule has 4 nitrogen and oxygen atoms in total. The van der Waals surface area contributed by atoms with Crippen molar-refractivity contribution in [2.45, 2.75) is 6.42 Å². The first-order valence-electron chi connectivity index (χ1n) is 8.63. The van der Waals surface area contributed by atoms with Gasteiger partial charge in [0.05, 0.1) is 13.3 Å². The van der Waals surface area contributed by atoms with E-state index in [2.05, 4.69) is 59.1 Å². The number of nitrogens with zero attached hydrogens (tertiary/aromatic N) is 4. The molecule has 0 aliphatic carbocycles. The SMILES string of the molecule is CN(C)CCCN1CN=C(c2ccccc2)N(c2cccc(Cl)c2)C1. The number of hydrogen-bond acceptors (Lipinski definition) is 4. The fraction of sp³-hybridized carbons (Fsp3) is 0.350. The van der Waals surface area contributed by atoms with Gasteiger partial charge in [0.1, 0.15) is 5.84 Å². The van der Waals surface area contributed by atoms with Crippen LogP contribution in [0.25, 0.3) is 0 Å². The van der Waals surface area contributed by atoms with Crippen LogP contribution in [-0.2, 0) is 0 Å². The number of benzene rings is 2. The third-order valence-electron chi connectivity index (χ3n) is 4.25. The zero-order valence-electron chi connectivity index (χ0n) is 14.9. The molecule has 25 heavy (non-hydrogen) atoms. The van der Waals surface area contributed by atoms with E-state index in [0.29, 0.717) is 0 Å². The molecule has 0 amide bonds. The summed E-state index contributed by atoms with van der Waals surface area (Å²) in [5, 5.41) is 0.745. The van der Waals surface area contributed by atoms with Crippen LogP contribution in [0.1, 0.15) is 12.0 Å². The number of rotatable bonds is 6. The second-order valence-corrected chi connectivity index (χ2v) is 7.03. The van der Waals surface area contributed by atoms with Gasteiger partial charge < -0.3 is 9.80 Å². The smallest absolute Gasteiger partial charge is 0.137 e. The van der Waals surface area contributed by atoms with Crippen molar-refractivity contribution in [2.24, 2.45) is 4.99 Å². The van der Waals surface area contributed by atoms with E-state index in [4.69, 9.17) is 16.6 Å². The van der Waals surface area contributed by atoms with Crippen molar-refractivity contribution in [3.05, 3.63) is 65.2 Å². The molecule has 0 radical (unpaired) electrons. The maximum atomic E-state index is 6.23. The Labute approximate surface area is 155 Å². The Bertz CT molecular complexity index is 715. The number of amidine groups is 1. The van der Waals surface area contributed by atoms with Crippen LogP contribution in [0.15, 0.2) is 59.6 Å². The second-order valence-electron chi connectivity index (χ2n) is 6.59. The highest BCUT2D eigenvalue weighted by Gasteiger charge is 2.23. The summed E-state index contributed by atoms with van der Waals surface area (Å²) >= 11 is 6.23. The second kappa shape index (κ2) is 8.48. The molecule has 2 aromatic carbocycles. The summed E-state index contributed by atoms with van der Waals surface area (Å²) in [6, 6.07) is 18.3. The molecule has 0 unspecified atom stereocenters. The normalized spacial score (nSPS) is 15.5. The van der Waals surface area contributed by atoms with Crippen molar-refractivity contribution in [3.63, 3.8) is 0 Å². The van der Waals surface area contributed by atoms with Crippen LogP contribution in [-0.4, -0.2) is 56.2 Å². The van der Waals surface area contributed by atoms with Gasteiger partial charge >= 0.3 is 0 Å². The van der Waals surface area contributed by atoms with Crippen LogP contribution >= 0.6 is 11.6 Å². The average Bonchev–Trinajstić information content (AvgIpc) is 2.62. The van der Waals surface area contributed by atoms with Crippen LogP contribution in [0.5, 0.6) is 0 Å². The Morgan fingerprint density at radius 3 is 2.60 bits per heavy atom. The zero-order valence-corrected chi connectivity index (χ0v) is 15.7. The third-order valence-corrected chi connectivity index (χ3v) is 4.48. The largest absolute Gasteiger partial charge is 0.313 e. The zero-order chi connectivity index (χ0) is 17.6. The van der Waals surface area contributed by atoms with Gasteiger partial charge in [-0.2, -0.15) is 0 Å². The van der Waals surface area contributed by atoms with E-state index in [1.54, 1.807) is 0 Å². The first-order valence-corrected chi connectivity index (χ1v) is 9.01. The van der Waals surface area contributed by atoms with Gasteiger partial charge in [-0.15, -0.1) is 0 Å². The van der Waals surface area contributed by atoms with Crippen LogP contribution in [0, 0.1) is 0 Å². The van der Waals surface area contributed by atoms with Crippen molar-refractivity contribution < 1.29 is 0 Å². The molecule has 2 aromatic rings. The molecule has 0 aromatic heterocycles. The molecule has 0 saturated carbocycles. The Morgan fingerprint density at radius 2 is 1.88 bits per heavy atom. The molecule has 1 aliphatic heterocycles. The summed E-state index contributed by atoms with van der Waals surface area (Å²) in [6.07, 6.45) is 1.13. The fourth-order valence-corrected chi connectivity index (χ4v) is 3.18. The lowest BCUT2D eigenvalue weighted by atomic mass is 10.1. The maximum absolute atomic E-state index is 6.23. The lowest BCUT2D eigenvalue weighted by Crippen LogP contribution is -2.47. The number of anilines is 1. The Morgan fingerprint density at radius 1 is 1.08 bits per heavy atom. The quantitative estimate of drug-likeness (QED) is 0.786. The van der Waals surface area contributed by atoms with E-state index in [0.717, 1.165) is 55.0 Å². The summed E-state index contributed by atoms with van der Waals surface area (Å²) in [4.78, 5) is 11.7. The minimum absolute atomic E-state index is 0.731. The van der Waals surface area contributed by atoms with Crippen LogP contribution in [0.2, 0.25) is 5.02 Å². The average molecular weight is 357 g/mol. The van der Waals surface area contributed by atoms with Crippen molar-refractivity contribution in [1.29, 1.82) is 0 Å². The lowest BCUT2D eigenvalue weighted by molar-refractivity contribution is 0.261. The van der Waals surface area contributed by atoms with Crippen LogP contribution in [0.3, 0.4) is 0 Å². The monoisotopic (exact) mass is 356 g/mol. The highest BCUT2D eigenvalue weighted by Crippen LogP contribution is 2.24. The van der Waals surface area contributed by atoms with Crippen molar-refractivity contribution in [3.8, 4) is 0 Å². The van der Waals surface area contributed by atoms with Gasteiger partial charge in [0.2, 0.25) is 0 Å². The molecule has 3 rings (SSSR count). The fourth-order valence-electron chi connectivity index (χ4n) is 3.00. The first-order chi connectivity index (χ1) is 12.1. The Hall–Kier alpha value is -1.88. The molecule has 1 heterocycles. The lowest BCUT2D eigenvalue weighted by Gasteiger charge is -2.36. The summed E-state index contributed by atoms with van der Waals surface area (Å²) < 4.78 is 0. The summed E-state index contributed by atoms with van der Waals surface area (Å²) in [7, 11) is 4.22. The van der Waals surface area contributed by atoms with E-state index in [1.165, 1.54) is 0 Å². The standard InChI is InChI=1S/C20H25ClN4/c1-23(2)12-7-13-24-15-22-20(17-8-4-3-5-9-17)25(16-24)19-11-6-10-18(21)14-19/h3-6,8-11,14H,7,12-13,15-16H2,1-2H3. The van der Waals surface area contributed by atoms with E-state index in [1.807, 2.05) is 24.3 Å². The maximum Gasteiger partial charge on any atom is 0.137 e. The summed E-state index contributed by atoms with van der Waals surface area (Å²) in [5.74, 6) is 1.01. The topological polar surface area (TPSA) is 22.1 Å². The van der Waals surface area contributed by atoms with E-state index in [9.17, 15) is 0 Å². The molecule has 0 spiro atoms. The summed E-state index contributed by atoms with van der Waals surface area (Å²) in [5.41, 5.74) is 2.21. The molecule has 132 valence electrons. The van der Waals surface area contributed by atoms with Gasteiger partial charge in [-0.3, -0.25) is 9.89 Å². The van der Waals surface area contributed by atoms with Crippen molar-refractivity contribution in [2.75, 3.05) is 45.4 Å². The van der Waals surface area contributed by atoms with Gasteiger partial charge in [-0.05, 0) is 45.3 Å². The molecular formula is C20H25ClN4. The van der Waals surface area contributed by atoms with Gasteiger partial charge in [-0.1, -0.05) is 48.0 Å². The molecule has 1 aliphatic rings. The highest BCUT2D eigenvalue weighted by atomic mass is 35.5. The molecule has 0 bridgehead atoms. The van der Waals surface area contributed by atoms with Crippen molar-refractivity contribution >= 4 is 23.1 Å². The molecule has 0 fully saturated rings. The van der Waals surface area contributed by atoms with Crippen LogP contribution < -0.4 is 4.90 Å². The van der Waals surface area contributed by atoms with Crippen LogP contribution in [0.4, 0.5) is 5.69 Å². The summed E-state index contributed by atoms with van der Waals surface area (Å²) in [6.45, 7) is 3.67. The van der Waals surface area contributed by atoms with Gasteiger partial charge in [0.25, 0.3) is 0 Å². The molecule has 0 atom stereocenters. The van der Waals surface area contributed by atoms with Gasteiger partial charge in [0, 0.05) is 22.8 Å². The predicted molar refractivity (Wildman–Crippen MR) is 107 cm³/mol. The molecular weight excluding hydrogens is 332 g/mol. The molecule has 5 heteroatoms. The number of halogens is 1. The Balaban J connectivity index is 1.83. The highest BCUT2D eigenvalue weighted by molar-refractivity contribution is 6.31. The number of aliphatic imine (C=N–C) groups is 1. The van der Waals surface area contributed by atoms with E-state index < -0.39 is 0 Å². The predicted octanol–water partition coefficient (Wildman–Crippen LogP) is 3.78. The molecule has 0 N–H and O–H groups in total. The van der Waals surface area contributed by atoms with Gasteiger partial charge in [-0.25, -0.2) is 0 Å². The minimum Gasteiger partial charge on any atom is -0.313 e. The van der Waals surface area contributed by atoms with E-state index in [-0.39, 0.29) is 0 Å². The van der Waals surface area contributed by atoms with Crippen molar-refractivity contribution in [1.82, 2.24) is 9.80 Å². The van der Waals surface area contributed by atoms with E-state index >= 15 is 0 Å². The third kappa shape index (κ3) is 4.82.